The van der Waals surface area contributed by atoms with E-state index in [1.165, 1.54) is 0 Å². The Kier molecular flexibility index (Phi) is 6.99. The van der Waals surface area contributed by atoms with Gasteiger partial charge in [0, 0.05) is 5.39 Å². The fraction of sp³-hybridized carbons (Fsp3) is 0.214. The van der Waals surface area contributed by atoms with Crippen LogP contribution in [0.25, 0.3) is 10.9 Å². The molecule has 0 N–H and O–H groups in total. The van der Waals surface area contributed by atoms with Gasteiger partial charge in [-0.2, -0.15) is 5.26 Å². The first-order chi connectivity index (χ1) is 15.7. The van der Waals surface area contributed by atoms with Crippen LogP contribution in [0.5, 0.6) is 11.5 Å². The number of aromatic nitrogens is 1. The Bertz CT molecular complexity index is 1190. The van der Waals surface area contributed by atoms with Crippen molar-refractivity contribution in [3.05, 3.63) is 102 Å². The number of ether oxygens (including phenoxy) is 2. The van der Waals surface area contributed by atoms with Gasteiger partial charge in [0.25, 0.3) is 0 Å². The summed E-state index contributed by atoms with van der Waals surface area (Å²) >= 11 is 0. The lowest BCUT2D eigenvalue weighted by molar-refractivity contribution is 0.298. The fourth-order valence-corrected chi connectivity index (χ4v) is 3.59. The summed E-state index contributed by atoms with van der Waals surface area (Å²) in [6, 6.07) is 30.2. The van der Waals surface area contributed by atoms with Crippen molar-refractivity contribution in [1.29, 1.82) is 5.26 Å². The minimum atomic E-state index is -0.0496. The number of hydrogen-bond acceptors (Lipinski definition) is 4. The minimum absolute atomic E-state index is 0.0496. The number of rotatable bonds is 9. The number of benzene rings is 3. The Morgan fingerprint density at radius 1 is 0.812 bits per heavy atom. The molecule has 0 saturated carbocycles. The van der Waals surface area contributed by atoms with Crippen molar-refractivity contribution in [2.75, 3.05) is 0 Å². The molecule has 0 aliphatic carbocycles. The summed E-state index contributed by atoms with van der Waals surface area (Å²) in [5.74, 6) is 1.54. The van der Waals surface area contributed by atoms with Crippen LogP contribution >= 0.6 is 0 Å². The summed E-state index contributed by atoms with van der Waals surface area (Å²) in [5.41, 5.74) is 3.98. The summed E-state index contributed by atoms with van der Waals surface area (Å²) in [6.07, 6.45) is 1.87. The molecule has 32 heavy (non-hydrogen) atoms. The van der Waals surface area contributed by atoms with Gasteiger partial charge in [-0.25, -0.2) is 4.98 Å². The average Bonchev–Trinajstić information content (AvgIpc) is 2.85. The largest absolute Gasteiger partial charge is 0.489 e. The molecule has 1 heterocycles. The number of hydrogen-bond donors (Lipinski definition) is 0. The van der Waals surface area contributed by atoms with Crippen molar-refractivity contribution in [2.45, 2.75) is 38.9 Å². The van der Waals surface area contributed by atoms with Crippen LogP contribution in [0, 0.1) is 11.3 Å². The van der Waals surface area contributed by atoms with Crippen LogP contribution < -0.4 is 9.47 Å². The van der Waals surface area contributed by atoms with E-state index in [0.29, 0.717) is 13.2 Å². The van der Waals surface area contributed by atoms with E-state index >= 15 is 0 Å². The Morgan fingerprint density at radius 2 is 1.50 bits per heavy atom. The van der Waals surface area contributed by atoms with Crippen LogP contribution in [-0.4, -0.2) is 4.98 Å². The molecule has 0 spiro atoms. The summed E-state index contributed by atoms with van der Waals surface area (Å²) in [7, 11) is 0. The third-order valence-electron chi connectivity index (χ3n) is 5.39. The number of fused-ring (bicyclic) bond motifs is 1. The lowest BCUT2D eigenvalue weighted by Gasteiger charge is -2.11. The number of nitriles is 1. The maximum absolute atomic E-state index is 9.30. The second-order valence-electron chi connectivity index (χ2n) is 7.76. The molecule has 1 unspecified atom stereocenters. The Morgan fingerprint density at radius 3 is 2.22 bits per heavy atom. The van der Waals surface area contributed by atoms with Crippen LogP contribution in [0.15, 0.2) is 84.9 Å². The predicted molar refractivity (Wildman–Crippen MR) is 127 cm³/mol. The molecule has 4 heteroatoms. The van der Waals surface area contributed by atoms with Crippen molar-refractivity contribution in [3.63, 3.8) is 0 Å². The van der Waals surface area contributed by atoms with Crippen LogP contribution in [0.2, 0.25) is 0 Å². The normalized spacial score (nSPS) is 11.6. The van der Waals surface area contributed by atoms with Crippen molar-refractivity contribution in [3.8, 4) is 17.6 Å². The summed E-state index contributed by atoms with van der Waals surface area (Å²) in [6.45, 7) is 3.00. The monoisotopic (exact) mass is 422 g/mol. The zero-order valence-corrected chi connectivity index (χ0v) is 18.2. The molecule has 0 saturated heterocycles. The second kappa shape index (κ2) is 10.5. The number of pyridine rings is 1. The van der Waals surface area contributed by atoms with Crippen LogP contribution in [-0.2, 0) is 13.2 Å². The molecule has 0 bridgehead atoms. The van der Waals surface area contributed by atoms with Gasteiger partial charge in [-0.15, -0.1) is 0 Å². The average molecular weight is 423 g/mol. The van der Waals surface area contributed by atoms with E-state index in [2.05, 4.69) is 30.1 Å². The quantitative estimate of drug-likeness (QED) is 0.298. The highest BCUT2D eigenvalue weighted by Crippen LogP contribution is 2.24. The van der Waals surface area contributed by atoms with Gasteiger partial charge in [-0.1, -0.05) is 61.9 Å². The van der Waals surface area contributed by atoms with Gasteiger partial charge in [0.15, 0.2) is 0 Å². The van der Waals surface area contributed by atoms with Gasteiger partial charge in [0.05, 0.1) is 23.2 Å². The standard InChI is InChI=1S/C28H26N2O2/c1-2-5-24(18-29)22-11-16-27(17-12-22)31-19-21-8-14-26(15-9-21)32-20-25-13-10-23-6-3-4-7-28(23)30-25/h3-4,6-17,24H,2,5,19-20H2,1H3. The first-order valence-corrected chi connectivity index (χ1v) is 10.9. The van der Waals surface area contributed by atoms with Gasteiger partial charge in [0.2, 0.25) is 0 Å². The van der Waals surface area contributed by atoms with Gasteiger partial charge < -0.3 is 9.47 Å². The SMILES string of the molecule is CCCC(C#N)c1ccc(OCc2ccc(OCc3ccc4ccccc4n3)cc2)cc1. The molecule has 0 radical (unpaired) electrons. The van der Waals surface area contributed by atoms with Gasteiger partial charge in [-0.3, -0.25) is 0 Å². The lowest BCUT2D eigenvalue weighted by Crippen LogP contribution is -1.99. The van der Waals surface area contributed by atoms with E-state index in [4.69, 9.17) is 9.47 Å². The molecule has 4 rings (SSSR count). The van der Waals surface area contributed by atoms with E-state index in [0.717, 1.165) is 52.1 Å². The molecule has 4 aromatic rings. The molecular formula is C28H26N2O2. The zero-order chi connectivity index (χ0) is 22.2. The molecule has 0 fully saturated rings. The summed E-state index contributed by atoms with van der Waals surface area (Å²) in [5, 5.41) is 10.4. The minimum Gasteiger partial charge on any atom is -0.489 e. The van der Waals surface area contributed by atoms with E-state index in [9.17, 15) is 5.26 Å². The van der Waals surface area contributed by atoms with E-state index in [1.807, 2.05) is 72.8 Å². The predicted octanol–water partition coefficient (Wildman–Crippen LogP) is 6.80. The Hall–Kier alpha value is -3.84. The van der Waals surface area contributed by atoms with E-state index in [-0.39, 0.29) is 5.92 Å². The topological polar surface area (TPSA) is 55.1 Å². The van der Waals surface area contributed by atoms with Crippen LogP contribution in [0.4, 0.5) is 0 Å². The van der Waals surface area contributed by atoms with Crippen LogP contribution in [0.3, 0.4) is 0 Å². The Labute approximate surface area is 189 Å². The van der Waals surface area contributed by atoms with Gasteiger partial charge >= 0.3 is 0 Å². The number of nitrogens with zero attached hydrogens (tertiary/aromatic N) is 2. The van der Waals surface area contributed by atoms with Crippen molar-refractivity contribution in [2.24, 2.45) is 0 Å². The second-order valence-corrected chi connectivity index (χ2v) is 7.76. The smallest absolute Gasteiger partial charge is 0.130 e. The fourth-order valence-electron chi connectivity index (χ4n) is 3.59. The maximum Gasteiger partial charge on any atom is 0.130 e. The van der Waals surface area contributed by atoms with Crippen molar-refractivity contribution in [1.82, 2.24) is 4.98 Å². The molecule has 0 aliphatic heterocycles. The highest BCUT2D eigenvalue weighted by atomic mass is 16.5. The maximum atomic E-state index is 9.30. The van der Waals surface area contributed by atoms with Crippen molar-refractivity contribution >= 4 is 10.9 Å². The lowest BCUT2D eigenvalue weighted by atomic mass is 9.96. The molecule has 1 aromatic heterocycles. The third kappa shape index (κ3) is 5.44. The first-order valence-electron chi connectivity index (χ1n) is 10.9. The first kappa shape index (κ1) is 21.4. The van der Waals surface area contributed by atoms with Gasteiger partial charge in [0.1, 0.15) is 24.7 Å². The van der Waals surface area contributed by atoms with Crippen LogP contribution in [0.1, 0.15) is 42.5 Å². The van der Waals surface area contributed by atoms with E-state index < -0.39 is 0 Å². The molecular weight excluding hydrogens is 396 g/mol. The molecule has 1 atom stereocenters. The summed E-state index contributed by atoms with van der Waals surface area (Å²) in [4.78, 5) is 4.64. The molecule has 3 aromatic carbocycles. The van der Waals surface area contributed by atoms with E-state index in [1.54, 1.807) is 0 Å². The highest BCUT2D eigenvalue weighted by molar-refractivity contribution is 5.78. The molecule has 0 aliphatic rings. The zero-order valence-electron chi connectivity index (χ0n) is 18.2. The van der Waals surface area contributed by atoms with Gasteiger partial charge in [-0.05, 0) is 53.9 Å². The third-order valence-corrected chi connectivity index (χ3v) is 5.39. The highest BCUT2D eigenvalue weighted by Gasteiger charge is 2.09. The van der Waals surface area contributed by atoms with Crippen molar-refractivity contribution < 1.29 is 9.47 Å². The molecule has 4 nitrogen and oxygen atoms in total. The summed E-state index contributed by atoms with van der Waals surface area (Å²) < 4.78 is 11.8. The number of para-hydroxylation sites is 1. The Balaban J connectivity index is 1.29. The molecule has 0 amide bonds. The molecule has 160 valence electrons.